The van der Waals surface area contributed by atoms with Gasteiger partial charge < -0.3 is 11.1 Å². The molecule has 0 aromatic carbocycles. The Kier molecular flexibility index (Phi) is 7.16. The van der Waals surface area contributed by atoms with Crippen LogP contribution in [0.25, 0.3) is 0 Å². The van der Waals surface area contributed by atoms with Crippen molar-refractivity contribution in [2.45, 2.75) is 32.6 Å². The smallest absolute Gasteiger partial charge is 0.252 e. The molecule has 0 bridgehead atoms. The number of nitrogens with one attached hydrogen (secondary N) is 1. The Labute approximate surface area is 113 Å². The quantitative estimate of drug-likeness (QED) is 0.612. The zero-order valence-corrected chi connectivity index (χ0v) is 11.6. The van der Waals surface area contributed by atoms with Gasteiger partial charge in [0.2, 0.25) is 0 Å². The lowest BCUT2D eigenvalue weighted by Gasteiger charge is -2.02. The Balaban J connectivity index is 2.35. The summed E-state index contributed by atoms with van der Waals surface area (Å²) in [6.07, 6.45) is 4.66. The van der Waals surface area contributed by atoms with Crippen molar-refractivity contribution in [3.63, 3.8) is 0 Å². The van der Waals surface area contributed by atoms with Crippen LogP contribution in [-0.4, -0.2) is 19.0 Å². The van der Waals surface area contributed by atoms with Crippen LogP contribution in [0.4, 0.5) is 0 Å². The van der Waals surface area contributed by atoms with Crippen molar-refractivity contribution < 1.29 is 4.79 Å². The molecule has 0 radical (unpaired) electrons. The molecule has 0 fully saturated rings. The molecule has 0 atom stereocenters. The van der Waals surface area contributed by atoms with E-state index in [1.165, 1.54) is 30.6 Å². The van der Waals surface area contributed by atoms with Gasteiger partial charge in [-0.2, -0.15) is 0 Å². The highest BCUT2D eigenvalue weighted by molar-refractivity contribution is 7.10. The molecule has 1 rings (SSSR count). The molecular formula is C14H20N2OS. The highest BCUT2D eigenvalue weighted by Crippen LogP contribution is 2.13. The number of thiophene rings is 1. The lowest BCUT2D eigenvalue weighted by atomic mass is 10.2. The molecular weight excluding hydrogens is 244 g/mol. The van der Waals surface area contributed by atoms with Gasteiger partial charge in [-0.05, 0) is 12.5 Å². The van der Waals surface area contributed by atoms with Gasteiger partial charge in [0.1, 0.15) is 0 Å². The molecule has 1 heterocycles. The van der Waals surface area contributed by atoms with Crippen LogP contribution in [0.3, 0.4) is 0 Å². The minimum atomic E-state index is -0.0106. The first kappa shape index (κ1) is 14.7. The molecule has 0 aliphatic carbocycles. The largest absolute Gasteiger partial charge is 0.352 e. The van der Waals surface area contributed by atoms with Crippen LogP contribution >= 0.6 is 11.3 Å². The van der Waals surface area contributed by atoms with E-state index in [0.717, 1.165) is 17.8 Å². The second kappa shape index (κ2) is 8.73. The van der Waals surface area contributed by atoms with E-state index >= 15 is 0 Å². The van der Waals surface area contributed by atoms with Gasteiger partial charge in [0.05, 0.1) is 17.0 Å². The average molecular weight is 264 g/mol. The first-order chi connectivity index (χ1) is 8.77. The first-order valence-electron chi connectivity index (χ1n) is 6.33. The summed E-state index contributed by atoms with van der Waals surface area (Å²) in [5.74, 6) is 5.70. The number of amides is 1. The van der Waals surface area contributed by atoms with Gasteiger partial charge in [-0.3, -0.25) is 4.79 Å². The van der Waals surface area contributed by atoms with Crippen molar-refractivity contribution in [1.82, 2.24) is 5.32 Å². The van der Waals surface area contributed by atoms with Crippen LogP contribution in [0.1, 0.15) is 47.8 Å². The van der Waals surface area contributed by atoms with Gasteiger partial charge in [-0.1, -0.05) is 38.0 Å². The van der Waals surface area contributed by atoms with E-state index in [9.17, 15) is 4.79 Å². The van der Waals surface area contributed by atoms with Gasteiger partial charge >= 0.3 is 0 Å². The van der Waals surface area contributed by atoms with Gasteiger partial charge in [0.15, 0.2) is 0 Å². The van der Waals surface area contributed by atoms with Crippen LogP contribution in [0.2, 0.25) is 0 Å². The van der Waals surface area contributed by atoms with E-state index < -0.39 is 0 Å². The minimum absolute atomic E-state index is 0.0106. The Morgan fingerprint density at radius 3 is 3.00 bits per heavy atom. The summed E-state index contributed by atoms with van der Waals surface area (Å²) in [5, 5.41) is 4.76. The van der Waals surface area contributed by atoms with E-state index in [0.29, 0.717) is 12.1 Å². The van der Waals surface area contributed by atoms with Crippen molar-refractivity contribution in [3.8, 4) is 11.8 Å². The predicted octanol–water partition coefficient (Wildman–Crippen LogP) is 2.37. The van der Waals surface area contributed by atoms with E-state index in [1.54, 1.807) is 0 Å². The summed E-state index contributed by atoms with van der Waals surface area (Å²) in [5.41, 5.74) is 5.99. The van der Waals surface area contributed by atoms with Crippen molar-refractivity contribution in [2.24, 2.45) is 5.73 Å². The maximum Gasteiger partial charge on any atom is 0.252 e. The second-order valence-corrected chi connectivity index (χ2v) is 4.93. The molecule has 0 saturated carbocycles. The molecule has 0 saturated heterocycles. The lowest BCUT2D eigenvalue weighted by Crippen LogP contribution is -2.23. The van der Waals surface area contributed by atoms with Crippen molar-refractivity contribution >= 4 is 17.2 Å². The normalized spacial score (nSPS) is 9.67. The van der Waals surface area contributed by atoms with E-state index in [2.05, 4.69) is 24.1 Å². The van der Waals surface area contributed by atoms with Crippen LogP contribution in [-0.2, 0) is 0 Å². The minimum Gasteiger partial charge on any atom is -0.352 e. The Morgan fingerprint density at radius 1 is 1.44 bits per heavy atom. The maximum atomic E-state index is 11.8. The number of hydrogen-bond donors (Lipinski definition) is 2. The molecule has 1 aromatic heterocycles. The Bertz CT molecular complexity index is 428. The Hall–Kier alpha value is -1.31. The highest BCUT2D eigenvalue weighted by atomic mass is 32.1. The van der Waals surface area contributed by atoms with E-state index in [1.807, 2.05) is 11.4 Å². The third-order valence-electron chi connectivity index (χ3n) is 2.49. The number of rotatable bonds is 6. The third-order valence-corrected chi connectivity index (χ3v) is 3.34. The molecule has 1 aromatic rings. The molecule has 1 amide bonds. The fourth-order valence-electron chi connectivity index (χ4n) is 1.51. The third kappa shape index (κ3) is 5.35. The highest BCUT2D eigenvalue weighted by Gasteiger charge is 2.06. The summed E-state index contributed by atoms with van der Waals surface area (Å²) in [4.78, 5) is 12.7. The molecule has 0 spiro atoms. The zero-order valence-electron chi connectivity index (χ0n) is 10.8. The maximum absolute atomic E-state index is 11.8. The monoisotopic (exact) mass is 264 g/mol. The van der Waals surface area contributed by atoms with Crippen molar-refractivity contribution in [3.05, 3.63) is 21.9 Å². The van der Waals surface area contributed by atoms with Crippen molar-refractivity contribution in [2.75, 3.05) is 13.1 Å². The molecule has 0 aliphatic rings. The standard InChI is InChI=1S/C14H20N2OS/c1-2-3-4-5-9-16-14(17)12-10-13(18-11-12)7-6-8-15/h10-11H,2-5,8-9,15H2,1H3,(H,16,17). The fraction of sp³-hybridized carbons (Fsp3) is 0.500. The second-order valence-electron chi connectivity index (χ2n) is 4.02. The summed E-state index contributed by atoms with van der Waals surface area (Å²) in [6, 6.07) is 1.81. The summed E-state index contributed by atoms with van der Waals surface area (Å²) < 4.78 is 0. The predicted molar refractivity (Wildman–Crippen MR) is 76.7 cm³/mol. The van der Waals surface area contributed by atoms with Crippen LogP contribution in [0.5, 0.6) is 0 Å². The van der Waals surface area contributed by atoms with Gasteiger partial charge in [0, 0.05) is 11.9 Å². The van der Waals surface area contributed by atoms with Crippen LogP contribution in [0.15, 0.2) is 11.4 Å². The number of hydrogen-bond acceptors (Lipinski definition) is 3. The zero-order chi connectivity index (χ0) is 13.2. The van der Waals surface area contributed by atoms with Crippen LogP contribution in [0, 0.1) is 11.8 Å². The number of nitrogens with two attached hydrogens (primary N) is 1. The van der Waals surface area contributed by atoms with E-state index in [-0.39, 0.29) is 5.91 Å². The average Bonchev–Trinajstić information content (AvgIpc) is 2.84. The van der Waals surface area contributed by atoms with E-state index in [4.69, 9.17) is 5.73 Å². The van der Waals surface area contributed by atoms with Gasteiger partial charge in [0.25, 0.3) is 5.91 Å². The summed E-state index contributed by atoms with van der Waals surface area (Å²) in [7, 11) is 0. The Morgan fingerprint density at radius 2 is 2.28 bits per heavy atom. The van der Waals surface area contributed by atoms with Gasteiger partial charge in [-0.25, -0.2) is 0 Å². The molecule has 4 heteroatoms. The summed E-state index contributed by atoms with van der Waals surface area (Å²) >= 11 is 1.48. The number of unbranched alkanes of at least 4 members (excludes halogenated alkanes) is 3. The molecule has 3 N–H and O–H groups in total. The molecule has 0 unspecified atom stereocenters. The molecule has 0 aliphatic heterocycles. The molecule has 18 heavy (non-hydrogen) atoms. The van der Waals surface area contributed by atoms with Crippen LogP contribution < -0.4 is 11.1 Å². The molecule has 98 valence electrons. The number of carbonyl (C=O) groups is 1. The fourth-order valence-corrected chi connectivity index (χ4v) is 2.27. The first-order valence-corrected chi connectivity index (χ1v) is 7.21. The van der Waals surface area contributed by atoms with Crippen molar-refractivity contribution in [1.29, 1.82) is 0 Å². The summed E-state index contributed by atoms with van der Waals surface area (Å²) in [6.45, 7) is 3.27. The lowest BCUT2D eigenvalue weighted by molar-refractivity contribution is 0.0953. The molecule has 3 nitrogen and oxygen atoms in total. The number of carbonyl (C=O) groups excluding carboxylic acids is 1. The van der Waals surface area contributed by atoms with Gasteiger partial charge in [-0.15, -0.1) is 11.3 Å². The SMILES string of the molecule is CCCCCCNC(=O)c1csc(C#CCN)c1. The topological polar surface area (TPSA) is 55.1 Å².